The first-order valence-corrected chi connectivity index (χ1v) is 7.21. The van der Waals surface area contributed by atoms with Crippen LogP contribution in [0.15, 0.2) is 24.3 Å². The Bertz CT molecular complexity index is 456. The zero-order valence-electron chi connectivity index (χ0n) is 12.5. The van der Waals surface area contributed by atoms with Crippen LogP contribution in [0.3, 0.4) is 0 Å². The molecular formula is C16H24N2O2. The van der Waals surface area contributed by atoms with Crippen LogP contribution in [-0.4, -0.2) is 11.8 Å². The average molecular weight is 276 g/mol. The minimum Gasteiger partial charge on any atom is -0.326 e. The highest BCUT2D eigenvalue weighted by Crippen LogP contribution is 2.16. The number of hydrogen-bond donors (Lipinski definition) is 2. The van der Waals surface area contributed by atoms with Crippen molar-refractivity contribution in [3.8, 4) is 0 Å². The zero-order chi connectivity index (χ0) is 15.0. The minimum absolute atomic E-state index is 0.00513. The van der Waals surface area contributed by atoms with E-state index < -0.39 is 0 Å². The molecule has 0 aromatic heterocycles. The highest BCUT2D eigenvalue weighted by Gasteiger charge is 2.06. The van der Waals surface area contributed by atoms with Crippen molar-refractivity contribution in [1.82, 2.24) is 0 Å². The van der Waals surface area contributed by atoms with E-state index in [9.17, 15) is 9.59 Å². The summed E-state index contributed by atoms with van der Waals surface area (Å²) >= 11 is 0. The Morgan fingerprint density at radius 2 is 1.70 bits per heavy atom. The Morgan fingerprint density at radius 3 is 2.25 bits per heavy atom. The van der Waals surface area contributed by atoms with Gasteiger partial charge < -0.3 is 10.6 Å². The summed E-state index contributed by atoms with van der Waals surface area (Å²) < 4.78 is 0. The quantitative estimate of drug-likeness (QED) is 0.795. The van der Waals surface area contributed by atoms with Gasteiger partial charge in [-0.15, -0.1) is 0 Å². The van der Waals surface area contributed by atoms with Gasteiger partial charge >= 0.3 is 0 Å². The number of hydrogen-bond acceptors (Lipinski definition) is 2. The second-order valence-corrected chi connectivity index (χ2v) is 5.38. The van der Waals surface area contributed by atoms with E-state index >= 15 is 0 Å². The van der Waals surface area contributed by atoms with E-state index in [-0.39, 0.29) is 11.8 Å². The van der Waals surface area contributed by atoms with Gasteiger partial charge in [-0.1, -0.05) is 33.3 Å². The van der Waals surface area contributed by atoms with Crippen molar-refractivity contribution in [3.05, 3.63) is 24.3 Å². The van der Waals surface area contributed by atoms with Crippen molar-refractivity contribution in [1.29, 1.82) is 0 Å². The standard InChI is InChI=1S/C16H24N2O2/c1-4-5-9-15(19)17-13-7-6-8-14(11-13)18-16(20)10-12(2)3/h6-8,11-12H,4-5,9-10H2,1-3H3,(H,17,19)(H,18,20). The van der Waals surface area contributed by atoms with E-state index in [2.05, 4.69) is 17.6 Å². The molecule has 4 nitrogen and oxygen atoms in total. The third-order valence-electron chi connectivity index (χ3n) is 2.78. The molecule has 2 N–H and O–H groups in total. The van der Waals surface area contributed by atoms with Gasteiger partial charge in [-0.05, 0) is 30.5 Å². The fraction of sp³-hybridized carbons (Fsp3) is 0.500. The summed E-state index contributed by atoms with van der Waals surface area (Å²) in [5.41, 5.74) is 1.43. The summed E-state index contributed by atoms with van der Waals surface area (Å²) in [6, 6.07) is 7.24. The van der Waals surface area contributed by atoms with E-state index in [1.54, 1.807) is 6.07 Å². The molecule has 1 rings (SSSR count). The maximum Gasteiger partial charge on any atom is 0.224 e. The highest BCUT2D eigenvalue weighted by atomic mass is 16.2. The molecule has 0 aliphatic heterocycles. The van der Waals surface area contributed by atoms with Gasteiger partial charge in [0, 0.05) is 24.2 Å². The topological polar surface area (TPSA) is 58.2 Å². The van der Waals surface area contributed by atoms with Gasteiger partial charge in [0.25, 0.3) is 0 Å². The van der Waals surface area contributed by atoms with Gasteiger partial charge in [-0.2, -0.15) is 0 Å². The Kier molecular flexibility index (Phi) is 6.77. The number of carbonyl (C=O) groups excluding carboxylic acids is 2. The second-order valence-electron chi connectivity index (χ2n) is 5.38. The third-order valence-corrected chi connectivity index (χ3v) is 2.78. The molecule has 0 atom stereocenters. The molecule has 0 heterocycles. The lowest BCUT2D eigenvalue weighted by Gasteiger charge is -2.09. The summed E-state index contributed by atoms with van der Waals surface area (Å²) in [6.45, 7) is 6.06. The van der Waals surface area contributed by atoms with Gasteiger partial charge in [0.1, 0.15) is 0 Å². The van der Waals surface area contributed by atoms with Crippen molar-refractivity contribution in [2.75, 3.05) is 10.6 Å². The maximum absolute atomic E-state index is 11.7. The first-order chi connectivity index (χ1) is 9.51. The molecule has 110 valence electrons. The van der Waals surface area contributed by atoms with Crippen LogP contribution >= 0.6 is 0 Å². The summed E-state index contributed by atoms with van der Waals surface area (Å²) in [7, 11) is 0. The summed E-state index contributed by atoms with van der Waals surface area (Å²) in [6.07, 6.45) is 2.91. The Labute approximate surface area is 121 Å². The summed E-state index contributed by atoms with van der Waals surface area (Å²) in [5.74, 6) is 0.332. The summed E-state index contributed by atoms with van der Waals surface area (Å²) in [4.78, 5) is 23.4. The predicted molar refractivity (Wildman–Crippen MR) is 82.7 cm³/mol. The molecule has 0 spiro atoms. The van der Waals surface area contributed by atoms with E-state index in [0.29, 0.717) is 30.1 Å². The predicted octanol–water partition coefficient (Wildman–Crippen LogP) is 3.80. The van der Waals surface area contributed by atoms with Crippen molar-refractivity contribution >= 4 is 23.2 Å². The van der Waals surface area contributed by atoms with E-state index in [1.165, 1.54) is 0 Å². The van der Waals surface area contributed by atoms with Crippen LogP contribution in [0.2, 0.25) is 0 Å². The number of rotatable bonds is 7. The van der Waals surface area contributed by atoms with E-state index in [4.69, 9.17) is 0 Å². The number of amides is 2. The smallest absolute Gasteiger partial charge is 0.224 e. The van der Waals surface area contributed by atoms with E-state index in [1.807, 2.05) is 32.0 Å². The molecule has 1 aromatic rings. The number of carbonyl (C=O) groups is 2. The SMILES string of the molecule is CCCCC(=O)Nc1cccc(NC(=O)CC(C)C)c1. The molecule has 20 heavy (non-hydrogen) atoms. The van der Waals surface area contributed by atoms with Gasteiger partial charge in [0.05, 0.1) is 0 Å². The van der Waals surface area contributed by atoms with Crippen LogP contribution in [0.5, 0.6) is 0 Å². The fourth-order valence-electron chi connectivity index (χ4n) is 1.82. The first-order valence-electron chi connectivity index (χ1n) is 7.21. The molecule has 0 bridgehead atoms. The molecule has 0 unspecified atom stereocenters. The molecule has 4 heteroatoms. The number of unbranched alkanes of at least 4 members (excludes halogenated alkanes) is 1. The number of nitrogens with one attached hydrogen (secondary N) is 2. The largest absolute Gasteiger partial charge is 0.326 e. The second kappa shape index (κ2) is 8.35. The van der Waals surface area contributed by atoms with E-state index in [0.717, 1.165) is 12.8 Å². The van der Waals surface area contributed by atoms with Gasteiger partial charge in [-0.3, -0.25) is 9.59 Å². The molecule has 0 radical (unpaired) electrons. The third kappa shape index (κ3) is 6.36. The van der Waals surface area contributed by atoms with Crippen molar-refractivity contribution in [2.45, 2.75) is 46.5 Å². The maximum atomic E-state index is 11.7. The summed E-state index contributed by atoms with van der Waals surface area (Å²) in [5, 5.41) is 5.68. The molecular weight excluding hydrogens is 252 g/mol. The molecule has 0 aliphatic carbocycles. The molecule has 1 aromatic carbocycles. The van der Waals surface area contributed by atoms with Crippen molar-refractivity contribution in [2.24, 2.45) is 5.92 Å². The Balaban J connectivity index is 2.57. The lowest BCUT2D eigenvalue weighted by atomic mass is 10.1. The average Bonchev–Trinajstić information content (AvgIpc) is 2.35. The van der Waals surface area contributed by atoms with Crippen LogP contribution in [0.4, 0.5) is 11.4 Å². The monoisotopic (exact) mass is 276 g/mol. The number of benzene rings is 1. The highest BCUT2D eigenvalue weighted by molar-refractivity contribution is 5.94. The molecule has 2 amide bonds. The molecule has 0 aliphatic rings. The van der Waals surface area contributed by atoms with Crippen LogP contribution in [0, 0.1) is 5.92 Å². The minimum atomic E-state index is -0.00513. The Morgan fingerprint density at radius 1 is 1.10 bits per heavy atom. The van der Waals surface area contributed by atoms with Gasteiger partial charge in [0.15, 0.2) is 0 Å². The van der Waals surface area contributed by atoms with Crippen LogP contribution in [0.25, 0.3) is 0 Å². The van der Waals surface area contributed by atoms with Crippen LogP contribution < -0.4 is 10.6 Å². The van der Waals surface area contributed by atoms with Crippen molar-refractivity contribution < 1.29 is 9.59 Å². The van der Waals surface area contributed by atoms with Gasteiger partial charge in [0.2, 0.25) is 11.8 Å². The number of anilines is 2. The lowest BCUT2D eigenvalue weighted by molar-refractivity contribution is -0.117. The van der Waals surface area contributed by atoms with Crippen molar-refractivity contribution in [3.63, 3.8) is 0 Å². The van der Waals surface area contributed by atoms with Gasteiger partial charge in [-0.25, -0.2) is 0 Å². The zero-order valence-corrected chi connectivity index (χ0v) is 12.5. The molecule has 0 saturated heterocycles. The normalized spacial score (nSPS) is 10.4. The first kappa shape index (κ1) is 16.2. The lowest BCUT2D eigenvalue weighted by Crippen LogP contribution is -2.14. The molecule has 0 saturated carbocycles. The van der Waals surface area contributed by atoms with Crippen LogP contribution in [-0.2, 0) is 9.59 Å². The Hall–Kier alpha value is -1.84. The fourth-order valence-corrected chi connectivity index (χ4v) is 1.82. The van der Waals surface area contributed by atoms with Crippen LogP contribution in [0.1, 0.15) is 46.5 Å². The molecule has 0 fully saturated rings.